The maximum absolute atomic E-state index is 3.47. The van der Waals surface area contributed by atoms with Gasteiger partial charge < -0.3 is 19.6 Å². The molecule has 0 saturated carbocycles. The van der Waals surface area contributed by atoms with Crippen molar-refractivity contribution in [2.45, 2.75) is 52.4 Å². The van der Waals surface area contributed by atoms with Crippen molar-refractivity contribution in [2.24, 2.45) is 0 Å². The molecular weight excluding hydrogens is 1530 g/mol. The monoisotopic (exact) mass is 1610 g/mol. The summed E-state index contributed by atoms with van der Waals surface area (Å²) in [5.41, 5.74) is 36.7. The molecule has 6 aliphatic heterocycles. The molecule has 4 nitrogen and oxygen atoms in total. The van der Waals surface area contributed by atoms with Gasteiger partial charge in [-0.2, -0.15) is 0 Å². The minimum Gasteiger partial charge on any atom is -0.311 e. The lowest BCUT2D eigenvalue weighted by molar-refractivity contribution is 0.590. The van der Waals surface area contributed by atoms with Gasteiger partial charge in [-0.15, -0.1) is 0 Å². The first-order valence-electron chi connectivity index (χ1n) is 43.9. The number of hydrogen-bond acceptors (Lipinski definition) is 4. The maximum Gasteiger partial charge on any atom is 0.251 e. The van der Waals surface area contributed by atoms with E-state index in [1.54, 1.807) is 0 Å². The molecule has 0 bridgehead atoms. The average molecular weight is 1620 g/mol. The van der Waals surface area contributed by atoms with Gasteiger partial charge in [0.15, 0.2) is 16.1 Å². The van der Waals surface area contributed by atoms with E-state index in [9.17, 15) is 0 Å². The van der Waals surface area contributed by atoms with E-state index in [-0.39, 0.29) is 24.3 Å². The van der Waals surface area contributed by atoms with Gasteiger partial charge in [-0.25, -0.2) is 0 Å². The Balaban J connectivity index is 0.722. The van der Waals surface area contributed by atoms with Crippen molar-refractivity contribution in [3.05, 3.63) is 436 Å². The second kappa shape index (κ2) is 28.1. The Morgan fingerprint density at radius 1 is 0.177 bits per heavy atom. The van der Waals surface area contributed by atoms with Gasteiger partial charge >= 0.3 is 0 Å². The van der Waals surface area contributed by atoms with Crippen LogP contribution in [0.4, 0.5) is 68.2 Å². The minimum absolute atomic E-state index is 0.0564. The second-order valence-electron chi connectivity index (χ2n) is 36.4. The molecule has 0 N–H and O–H groups in total. The van der Waals surface area contributed by atoms with E-state index in [4.69, 9.17) is 0 Å². The maximum atomic E-state index is 2.67. The predicted molar refractivity (Wildman–Crippen MR) is 533 cm³/mol. The molecular formula is C116H88B2N4Si2. The minimum atomic E-state index is -3.47. The van der Waals surface area contributed by atoms with E-state index in [2.05, 4.69) is 486 Å². The third-order valence-electron chi connectivity index (χ3n) is 27.9. The lowest BCUT2D eigenvalue weighted by Gasteiger charge is -2.51. The molecule has 6 aliphatic rings. The van der Waals surface area contributed by atoms with E-state index in [1.165, 1.54) is 170 Å². The molecule has 0 atom stereocenters. The molecule has 18 aromatic rings. The van der Waals surface area contributed by atoms with Crippen molar-refractivity contribution < 1.29 is 0 Å². The van der Waals surface area contributed by atoms with Gasteiger partial charge in [0.05, 0.1) is 22.7 Å². The Labute approximate surface area is 730 Å². The molecule has 0 fully saturated rings. The summed E-state index contributed by atoms with van der Waals surface area (Å²) >= 11 is 0. The van der Waals surface area contributed by atoms with Crippen molar-refractivity contribution in [3.63, 3.8) is 0 Å². The Morgan fingerprint density at radius 2 is 0.419 bits per heavy atom. The molecule has 24 rings (SSSR count). The molecule has 0 saturated heterocycles. The molecule has 6 heterocycles. The quantitative estimate of drug-likeness (QED) is 0.107. The summed E-state index contributed by atoms with van der Waals surface area (Å²) < 4.78 is 0. The number of anilines is 12. The Morgan fingerprint density at radius 3 is 0.782 bits per heavy atom. The summed E-state index contributed by atoms with van der Waals surface area (Å²) in [5.74, 6) is 0. The van der Waals surface area contributed by atoms with Crippen molar-refractivity contribution >= 4 is 172 Å². The fourth-order valence-electron chi connectivity index (χ4n) is 22.7. The second-order valence-corrected chi connectivity index (χ2v) is 43.9. The van der Waals surface area contributed by atoms with Crippen LogP contribution in [0.2, 0.25) is 0 Å². The van der Waals surface area contributed by atoms with Crippen molar-refractivity contribution in [3.8, 4) is 55.6 Å². The van der Waals surface area contributed by atoms with E-state index in [1.807, 2.05) is 0 Å². The largest absolute Gasteiger partial charge is 0.311 e. The third-order valence-corrected chi connectivity index (χ3v) is 37.7. The van der Waals surface area contributed by atoms with Crippen LogP contribution in [0.25, 0.3) is 55.6 Å². The van der Waals surface area contributed by atoms with Crippen LogP contribution in [0.15, 0.2) is 425 Å². The Kier molecular flexibility index (Phi) is 16.7. The summed E-state index contributed by atoms with van der Waals surface area (Å²) in [7, 11) is -6.62. The van der Waals surface area contributed by atoms with Crippen LogP contribution in [-0.4, -0.2) is 29.6 Å². The number of hydrogen-bond donors (Lipinski definition) is 0. The number of rotatable bonds is 13. The first-order valence-corrected chi connectivity index (χ1v) is 47.9. The Bertz CT molecular complexity index is 7150. The normalized spacial score (nSPS) is 14.2. The third kappa shape index (κ3) is 10.8. The lowest BCUT2D eigenvalue weighted by atomic mass is 9.33. The van der Waals surface area contributed by atoms with Gasteiger partial charge in [-0.05, 0) is 221 Å². The molecule has 18 aromatic carbocycles. The van der Waals surface area contributed by atoms with Gasteiger partial charge in [-0.3, -0.25) is 0 Å². The van der Waals surface area contributed by atoms with Crippen LogP contribution in [0.3, 0.4) is 0 Å². The van der Waals surface area contributed by atoms with Crippen LogP contribution < -0.4 is 93.9 Å². The Hall–Kier alpha value is -14.3. The highest BCUT2D eigenvalue weighted by Crippen LogP contribution is 2.53. The summed E-state index contributed by atoms with van der Waals surface area (Å²) in [6.07, 6.45) is 0. The molecule has 586 valence electrons. The van der Waals surface area contributed by atoms with Crippen LogP contribution >= 0.6 is 0 Å². The van der Waals surface area contributed by atoms with Crippen LogP contribution in [-0.2, 0) is 10.8 Å². The van der Waals surface area contributed by atoms with E-state index in [0.29, 0.717) is 0 Å². The van der Waals surface area contributed by atoms with Crippen LogP contribution in [0, 0.1) is 0 Å². The first kappa shape index (κ1) is 73.6. The zero-order chi connectivity index (χ0) is 82.9. The predicted octanol–water partition coefficient (Wildman–Crippen LogP) is 20.2. The van der Waals surface area contributed by atoms with Gasteiger partial charge in [0.25, 0.3) is 13.4 Å². The SMILES string of the molecule is CC(C)(C)c1ccc(N2c3cccc4c3B3c5c2cccc5[Si](c2ccccc2)(c2cccc(-c5cccc(-c6ccccc6N6c7cccc8c7B7c9c(cccc9[Si](c9ccccc9)(c9ccccc9)c9cccc6c97)N8c6ccccc6-c6ccccc6)c5)c2)c2cccc(c23)N4c2ccc(C(C)(C)C)cc2-c2ccccc2)c(-c2ccccc2)c1. The van der Waals surface area contributed by atoms with Gasteiger partial charge in [0.1, 0.15) is 0 Å². The fourth-order valence-corrected chi connectivity index (χ4v) is 33.3. The molecule has 0 aliphatic carbocycles. The highest BCUT2D eigenvalue weighted by molar-refractivity contribution is 7.28. The molecule has 124 heavy (non-hydrogen) atoms. The highest BCUT2D eigenvalue weighted by Gasteiger charge is 2.59. The highest BCUT2D eigenvalue weighted by atomic mass is 28.3. The van der Waals surface area contributed by atoms with E-state index >= 15 is 0 Å². The molecule has 0 radical (unpaired) electrons. The number of benzene rings is 18. The van der Waals surface area contributed by atoms with E-state index < -0.39 is 16.1 Å². The average Bonchev–Trinajstić information content (AvgIpc) is 0.664. The van der Waals surface area contributed by atoms with Crippen LogP contribution in [0.1, 0.15) is 52.7 Å². The van der Waals surface area contributed by atoms with Crippen LogP contribution in [0.5, 0.6) is 0 Å². The first-order chi connectivity index (χ1) is 60.8. The molecule has 0 aromatic heterocycles. The smallest absolute Gasteiger partial charge is 0.251 e. The van der Waals surface area contributed by atoms with Gasteiger partial charge in [0, 0.05) is 67.8 Å². The lowest BCUT2D eigenvalue weighted by Crippen LogP contribution is -2.88. The van der Waals surface area contributed by atoms with Crippen molar-refractivity contribution in [2.75, 3.05) is 19.6 Å². The summed E-state index contributed by atoms with van der Waals surface area (Å²) in [4.78, 5) is 10.6. The number of nitrogens with zero attached hydrogens (tertiary/aromatic N) is 4. The summed E-state index contributed by atoms with van der Waals surface area (Å²) in [5, 5.41) is 11.2. The van der Waals surface area contributed by atoms with Crippen molar-refractivity contribution in [1.82, 2.24) is 0 Å². The fraction of sp³-hybridized carbons (Fsp3) is 0.0690. The van der Waals surface area contributed by atoms with Crippen molar-refractivity contribution in [1.29, 1.82) is 0 Å². The van der Waals surface area contributed by atoms with Gasteiger partial charge in [-0.1, -0.05) is 375 Å². The summed E-state index contributed by atoms with van der Waals surface area (Å²) in [6, 6.07) is 164. The number of para-hydroxylation sites is 2. The zero-order valence-electron chi connectivity index (χ0n) is 70.4. The molecule has 0 spiro atoms. The molecule has 0 amide bonds. The summed E-state index contributed by atoms with van der Waals surface area (Å²) in [6.45, 7) is 13.9. The topological polar surface area (TPSA) is 13.0 Å². The van der Waals surface area contributed by atoms with E-state index in [0.717, 1.165) is 39.4 Å². The zero-order valence-corrected chi connectivity index (χ0v) is 72.4. The van der Waals surface area contributed by atoms with Gasteiger partial charge in [0.2, 0.25) is 0 Å². The molecule has 8 heteroatoms. The molecule has 0 unspecified atom stereocenters. The standard InChI is InChI=1S/C116H88B2N4Si2/c1-115(2,3)83-69-71-95(91(75-83)78-39-15-8-16-40-78)121-99-59-32-60-100-110(99)118-113-103(121)63-35-67-107(113)124(87-50-23-12-24-51-87,108-68-36-64-104(114(108)118)122(100)96-72-70-84(116(4,5)6)76-92(96)79-41-17-9-18-42-79)88-52-30-44-81(74-88)80-43-29-45-82(73-80)90-54-26-28-56-94(90)120-98-58-31-57-97-109(98)117-111-101(119(97)93-55-27-25-53-89(93)77-37-13-7-14-38-77)61-33-65-105(111)123(85-46-19-10-20-47-85,86-48-21-11-22-49-86)106-66-34-62-102(120)112(106)117/h7-76H,1-6H3.